The zero-order chi connectivity index (χ0) is 18.1. The highest BCUT2D eigenvalue weighted by atomic mass is 16.7. The van der Waals surface area contributed by atoms with E-state index in [4.69, 9.17) is 14.2 Å². The first-order valence-electron chi connectivity index (χ1n) is 8.66. The van der Waals surface area contributed by atoms with E-state index in [0.717, 1.165) is 36.2 Å². The fraction of sp³-hybridized carbons (Fsp3) is 0.286. The van der Waals surface area contributed by atoms with Gasteiger partial charge in [-0.1, -0.05) is 36.4 Å². The number of allylic oxidation sites excluding steroid dienone is 1. The van der Waals surface area contributed by atoms with Crippen molar-refractivity contribution in [3.8, 4) is 17.2 Å². The number of nitrogens with zero attached hydrogens (tertiary/aromatic N) is 1. The Labute approximate surface area is 152 Å². The van der Waals surface area contributed by atoms with Crippen LogP contribution in [0.15, 0.2) is 36.4 Å². The van der Waals surface area contributed by atoms with E-state index >= 15 is 0 Å². The number of ether oxygens (including phenoxy) is 3. The summed E-state index contributed by atoms with van der Waals surface area (Å²) in [5, 5.41) is 0. The number of ketones is 1. The van der Waals surface area contributed by atoms with Gasteiger partial charge in [0.1, 0.15) is 0 Å². The number of benzene rings is 2. The third-order valence-corrected chi connectivity index (χ3v) is 4.83. The Bertz CT molecular complexity index is 874. The lowest BCUT2D eigenvalue weighted by Gasteiger charge is -2.28. The lowest BCUT2D eigenvalue weighted by Crippen LogP contribution is -2.28. The van der Waals surface area contributed by atoms with E-state index in [0.29, 0.717) is 22.8 Å². The number of hydrogen-bond acceptors (Lipinski definition) is 5. The van der Waals surface area contributed by atoms with Crippen LogP contribution in [0.3, 0.4) is 0 Å². The van der Waals surface area contributed by atoms with Gasteiger partial charge < -0.3 is 19.1 Å². The average Bonchev–Trinajstić information content (AvgIpc) is 3.14. The monoisotopic (exact) mass is 351 g/mol. The van der Waals surface area contributed by atoms with Crippen LogP contribution in [0.2, 0.25) is 0 Å². The molecule has 0 aromatic heterocycles. The molecule has 2 aromatic carbocycles. The number of carbonyl (C=O) groups excluding carboxylic acids is 1. The van der Waals surface area contributed by atoms with Gasteiger partial charge in [-0.05, 0) is 30.7 Å². The van der Waals surface area contributed by atoms with Gasteiger partial charge >= 0.3 is 0 Å². The Morgan fingerprint density at radius 2 is 1.92 bits per heavy atom. The summed E-state index contributed by atoms with van der Waals surface area (Å²) >= 11 is 0. The molecule has 2 aliphatic heterocycles. The average molecular weight is 351 g/mol. The molecule has 2 heterocycles. The minimum atomic E-state index is -0.0703. The normalized spacial score (nSPS) is 15.9. The Morgan fingerprint density at radius 1 is 1.15 bits per heavy atom. The lowest BCUT2D eigenvalue weighted by molar-refractivity contribution is 0.104. The van der Waals surface area contributed by atoms with Gasteiger partial charge in [-0.2, -0.15) is 0 Å². The molecule has 0 N–H and O–H groups in total. The Kier molecular flexibility index (Phi) is 4.39. The summed E-state index contributed by atoms with van der Waals surface area (Å²) in [5.41, 5.74) is 3.61. The maximum Gasteiger partial charge on any atom is 0.231 e. The smallest absolute Gasteiger partial charge is 0.231 e. The van der Waals surface area contributed by atoms with Crippen molar-refractivity contribution >= 4 is 11.9 Å². The molecule has 0 amide bonds. The van der Waals surface area contributed by atoms with E-state index in [1.165, 1.54) is 0 Å². The molecule has 0 saturated carbocycles. The molecule has 5 nitrogen and oxygen atoms in total. The molecule has 0 bridgehead atoms. The fourth-order valence-corrected chi connectivity index (χ4v) is 3.59. The number of rotatable bonds is 4. The standard InChI is InChI=1S/C21H21NO4/c1-22-11-10-15-16(12-22)19(24-2)21-20(25-13-26-21)18(15)17(23)9-8-14-6-4-3-5-7-14/h3-9H,10-13H2,1-2H3/b9-8+. The van der Waals surface area contributed by atoms with Crippen LogP contribution in [-0.2, 0) is 13.0 Å². The van der Waals surface area contributed by atoms with Crippen molar-refractivity contribution < 1.29 is 19.0 Å². The number of methoxy groups -OCH3 is 1. The molecule has 26 heavy (non-hydrogen) atoms. The fourth-order valence-electron chi connectivity index (χ4n) is 3.59. The molecule has 0 spiro atoms. The molecule has 134 valence electrons. The number of carbonyl (C=O) groups is 1. The largest absolute Gasteiger partial charge is 0.492 e. The molecular weight excluding hydrogens is 330 g/mol. The molecule has 2 aromatic rings. The number of hydrogen-bond donors (Lipinski definition) is 0. The second-order valence-corrected chi connectivity index (χ2v) is 6.53. The topological polar surface area (TPSA) is 48.0 Å². The SMILES string of the molecule is COc1c2c(c(C(=O)/C=C/c3ccccc3)c3c1OCO3)CCN(C)C2. The zero-order valence-electron chi connectivity index (χ0n) is 15.0. The van der Waals surface area contributed by atoms with E-state index in [1.54, 1.807) is 13.2 Å². The highest BCUT2D eigenvalue weighted by molar-refractivity contribution is 6.11. The first-order chi connectivity index (χ1) is 12.7. The van der Waals surface area contributed by atoms with Crippen LogP contribution in [0.25, 0.3) is 6.08 Å². The van der Waals surface area contributed by atoms with Crippen LogP contribution in [0.1, 0.15) is 27.0 Å². The van der Waals surface area contributed by atoms with Crippen LogP contribution in [0.4, 0.5) is 0 Å². The van der Waals surface area contributed by atoms with Gasteiger partial charge in [0.05, 0.1) is 12.7 Å². The van der Waals surface area contributed by atoms with Crippen LogP contribution >= 0.6 is 0 Å². The van der Waals surface area contributed by atoms with E-state index in [1.807, 2.05) is 36.4 Å². The zero-order valence-corrected chi connectivity index (χ0v) is 15.0. The molecule has 4 rings (SSSR count). The maximum atomic E-state index is 13.1. The van der Waals surface area contributed by atoms with Crippen LogP contribution in [0.5, 0.6) is 17.2 Å². The van der Waals surface area contributed by atoms with Crippen molar-refractivity contribution in [1.82, 2.24) is 4.90 Å². The summed E-state index contributed by atoms with van der Waals surface area (Å²) < 4.78 is 16.9. The van der Waals surface area contributed by atoms with Crippen molar-refractivity contribution in [2.75, 3.05) is 27.5 Å². The Morgan fingerprint density at radius 3 is 2.69 bits per heavy atom. The lowest BCUT2D eigenvalue weighted by atomic mass is 9.90. The van der Waals surface area contributed by atoms with Gasteiger partial charge in [0.25, 0.3) is 0 Å². The molecular formula is C21H21NO4. The first kappa shape index (κ1) is 16.7. The maximum absolute atomic E-state index is 13.1. The summed E-state index contributed by atoms with van der Waals surface area (Å²) in [5.74, 6) is 1.66. The molecule has 0 unspecified atom stereocenters. The van der Waals surface area contributed by atoms with E-state index < -0.39 is 0 Å². The minimum absolute atomic E-state index is 0.0703. The second kappa shape index (κ2) is 6.84. The van der Waals surface area contributed by atoms with E-state index in [-0.39, 0.29) is 12.6 Å². The Balaban J connectivity index is 1.81. The predicted octanol–water partition coefficient (Wildman–Crippen LogP) is 3.31. The first-order valence-corrected chi connectivity index (χ1v) is 8.66. The summed E-state index contributed by atoms with van der Waals surface area (Å²) in [6.45, 7) is 1.71. The van der Waals surface area contributed by atoms with Gasteiger partial charge in [0.2, 0.25) is 12.5 Å². The minimum Gasteiger partial charge on any atom is -0.492 e. The van der Waals surface area contributed by atoms with Gasteiger partial charge in [-0.3, -0.25) is 4.79 Å². The van der Waals surface area contributed by atoms with Crippen molar-refractivity contribution in [3.63, 3.8) is 0 Å². The highest BCUT2D eigenvalue weighted by Crippen LogP contribution is 2.49. The Hall–Kier alpha value is -2.79. The van der Waals surface area contributed by atoms with Gasteiger partial charge in [0.15, 0.2) is 17.3 Å². The molecule has 5 heteroatoms. The number of fused-ring (bicyclic) bond motifs is 2. The molecule has 0 saturated heterocycles. The quantitative estimate of drug-likeness (QED) is 0.625. The van der Waals surface area contributed by atoms with Crippen molar-refractivity contribution in [2.24, 2.45) is 0 Å². The second-order valence-electron chi connectivity index (χ2n) is 6.53. The summed E-state index contributed by atoms with van der Waals surface area (Å²) in [6.07, 6.45) is 4.22. The van der Waals surface area contributed by atoms with Crippen molar-refractivity contribution in [2.45, 2.75) is 13.0 Å². The molecule has 0 aliphatic carbocycles. The van der Waals surface area contributed by atoms with Crippen LogP contribution < -0.4 is 14.2 Å². The third kappa shape index (κ3) is 2.84. The van der Waals surface area contributed by atoms with Crippen molar-refractivity contribution in [1.29, 1.82) is 0 Å². The summed E-state index contributed by atoms with van der Waals surface area (Å²) in [6, 6.07) is 9.78. The molecule has 2 aliphatic rings. The van der Waals surface area contributed by atoms with Gasteiger partial charge in [-0.15, -0.1) is 0 Å². The van der Waals surface area contributed by atoms with Crippen LogP contribution in [-0.4, -0.2) is 38.2 Å². The number of likely N-dealkylation sites (N-methyl/N-ethyl adjacent to an activating group) is 1. The molecule has 0 radical (unpaired) electrons. The predicted molar refractivity (Wildman–Crippen MR) is 99.0 cm³/mol. The third-order valence-electron chi connectivity index (χ3n) is 4.83. The van der Waals surface area contributed by atoms with E-state index in [2.05, 4.69) is 11.9 Å². The summed E-state index contributed by atoms with van der Waals surface area (Å²) in [7, 11) is 3.69. The highest BCUT2D eigenvalue weighted by Gasteiger charge is 2.34. The van der Waals surface area contributed by atoms with Crippen LogP contribution in [0, 0.1) is 0 Å². The van der Waals surface area contributed by atoms with E-state index in [9.17, 15) is 4.79 Å². The molecule has 0 atom stereocenters. The summed E-state index contributed by atoms with van der Waals surface area (Å²) in [4.78, 5) is 15.3. The van der Waals surface area contributed by atoms with Gasteiger partial charge in [0, 0.05) is 18.7 Å². The van der Waals surface area contributed by atoms with Crippen molar-refractivity contribution in [3.05, 3.63) is 58.7 Å². The molecule has 0 fully saturated rings. The van der Waals surface area contributed by atoms with Gasteiger partial charge in [-0.25, -0.2) is 0 Å².